The average molecular weight is 357 g/mol. The van der Waals surface area contributed by atoms with E-state index < -0.39 is 0 Å². The van der Waals surface area contributed by atoms with Crippen molar-refractivity contribution in [3.63, 3.8) is 0 Å². The molecule has 6 heteroatoms. The van der Waals surface area contributed by atoms with Crippen LogP contribution in [0.4, 0.5) is 0 Å². The number of piperidine rings is 1. The van der Waals surface area contributed by atoms with Crippen LogP contribution in [0.5, 0.6) is 5.75 Å². The fourth-order valence-electron chi connectivity index (χ4n) is 3.17. The number of carbonyl (C=O) groups excluding carboxylic acids is 1. The zero-order valence-corrected chi connectivity index (χ0v) is 15.2. The third kappa shape index (κ3) is 4.55. The van der Waals surface area contributed by atoms with Gasteiger partial charge < -0.3 is 14.5 Å². The molecule has 0 spiro atoms. The first-order valence-corrected chi connectivity index (χ1v) is 9.10. The molecule has 23 heavy (non-hydrogen) atoms. The van der Waals surface area contributed by atoms with E-state index in [9.17, 15) is 4.79 Å². The zero-order chi connectivity index (χ0) is 15.4. The SMILES string of the molecule is COc1ccc(C2SCC(=O)N2CCN2CCCCC2)cc1.Cl. The number of hydrogen-bond acceptors (Lipinski definition) is 4. The van der Waals surface area contributed by atoms with Crippen molar-refractivity contribution in [3.8, 4) is 5.75 Å². The van der Waals surface area contributed by atoms with E-state index in [4.69, 9.17) is 4.74 Å². The van der Waals surface area contributed by atoms with Crippen LogP contribution in [-0.2, 0) is 4.79 Å². The molecular formula is C17H25ClN2O2S. The van der Waals surface area contributed by atoms with Crippen LogP contribution in [0.2, 0.25) is 0 Å². The van der Waals surface area contributed by atoms with Gasteiger partial charge in [-0.05, 0) is 43.6 Å². The van der Waals surface area contributed by atoms with Crippen LogP contribution in [0.1, 0.15) is 30.2 Å². The van der Waals surface area contributed by atoms with Gasteiger partial charge >= 0.3 is 0 Å². The molecule has 3 rings (SSSR count). The van der Waals surface area contributed by atoms with Crippen molar-refractivity contribution in [3.05, 3.63) is 29.8 Å². The minimum absolute atomic E-state index is 0. The van der Waals surface area contributed by atoms with Gasteiger partial charge in [0.1, 0.15) is 11.1 Å². The maximum Gasteiger partial charge on any atom is 0.233 e. The Bertz CT molecular complexity index is 506. The first-order valence-electron chi connectivity index (χ1n) is 8.05. The third-order valence-electron chi connectivity index (χ3n) is 4.47. The van der Waals surface area contributed by atoms with Gasteiger partial charge in [-0.25, -0.2) is 0 Å². The first-order chi connectivity index (χ1) is 10.8. The van der Waals surface area contributed by atoms with Crippen molar-refractivity contribution >= 4 is 30.1 Å². The zero-order valence-electron chi connectivity index (χ0n) is 13.6. The van der Waals surface area contributed by atoms with E-state index in [2.05, 4.69) is 17.0 Å². The average Bonchev–Trinajstić information content (AvgIpc) is 2.95. The molecule has 1 atom stereocenters. The highest BCUT2D eigenvalue weighted by molar-refractivity contribution is 8.00. The van der Waals surface area contributed by atoms with Crippen molar-refractivity contribution in [1.29, 1.82) is 0 Å². The number of rotatable bonds is 5. The Labute approximate surface area is 149 Å². The lowest BCUT2D eigenvalue weighted by Gasteiger charge is -2.30. The molecular weight excluding hydrogens is 332 g/mol. The molecule has 1 amide bonds. The molecule has 1 aromatic carbocycles. The molecule has 0 aliphatic carbocycles. The maximum absolute atomic E-state index is 12.2. The lowest BCUT2D eigenvalue weighted by molar-refractivity contribution is -0.128. The van der Waals surface area contributed by atoms with Crippen LogP contribution in [0.15, 0.2) is 24.3 Å². The molecule has 2 aliphatic heterocycles. The number of hydrogen-bond donors (Lipinski definition) is 0. The number of likely N-dealkylation sites (tertiary alicyclic amines) is 1. The van der Waals surface area contributed by atoms with E-state index >= 15 is 0 Å². The smallest absolute Gasteiger partial charge is 0.233 e. The Balaban J connectivity index is 0.00000192. The van der Waals surface area contributed by atoms with Crippen LogP contribution >= 0.6 is 24.2 Å². The molecule has 2 aliphatic rings. The molecule has 0 N–H and O–H groups in total. The summed E-state index contributed by atoms with van der Waals surface area (Å²) < 4.78 is 5.21. The Hall–Kier alpha value is -0.910. The first kappa shape index (κ1) is 18.4. The van der Waals surface area contributed by atoms with Crippen LogP contribution < -0.4 is 4.74 Å². The van der Waals surface area contributed by atoms with Gasteiger partial charge in [0.05, 0.1) is 12.9 Å². The highest BCUT2D eigenvalue weighted by atomic mass is 35.5. The van der Waals surface area contributed by atoms with Gasteiger partial charge in [-0.15, -0.1) is 24.2 Å². The number of thioether (sulfide) groups is 1. The molecule has 1 unspecified atom stereocenters. The topological polar surface area (TPSA) is 32.8 Å². The minimum Gasteiger partial charge on any atom is -0.497 e. The van der Waals surface area contributed by atoms with Gasteiger partial charge in [0.15, 0.2) is 0 Å². The lowest BCUT2D eigenvalue weighted by Crippen LogP contribution is -2.39. The molecule has 0 saturated carbocycles. The Morgan fingerprint density at radius 2 is 1.83 bits per heavy atom. The summed E-state index contributed by atoms with van der Waals surface area (Å²) in [6, 6.07) is 8.09. The Morgan fingerprint density at radius 3 is 2.48 bits per heavy atom. The molecule has 0 aromatic heterocycles. The van der Waals surface area contributed by atoms with Gasteiger partial charge in [0, 0.05) is 13.1 Å². The van der Waals surface area contributed by atoms with Gasteiger partial charge in [0.25, 0.3) is 0 Å². The number of ether oxygens (including phenoxy) is 1. The highest BCUT2D eigenvalue weighted by Crippen LogP contribution is 2.38. The second-order valence-corrected chi connectivity index (χ2v) is 6.99. The fraction of sp³-hybridized carbons (Fsp3) is 0.588. The normalized spacial score (nSPS) is 22.0. The van der Waals surface area contributed by atoms with Gasteiger partial charge in [-0.2, -0.15) is 0 Å². The van der Waals surface area contributed by atoms with Crippen molar-refractivity contribution in [2.24, 2.45) is 0 Å². The Morgan fingerprint density at radius 1 is 1.13 bits per heavy atom. The molecule has 2 heterocycles. The van der Waals surface area contributed by atoms with Crippen molar-refractivity contribution < 1.29 is 9.53 Å². The van der Waals surface area contributed by atoms with Crippen LogP contribution in [0.25, 0.3) is 0 Å². The molecule has 2 saturated heterocycles. The lowest BCUT2D eigenvalue weighted by atomic mass is 10.1. The summed E-state index contributed by atoms with van der Waals surface area (Å²) >= 11 is 1.73. The van der Waals surface area contributed by atoms with Crippen molar-refractivity contribution in [1.82, 2.24) is 9.80 Å². The van der Waals surface area contributed by atoms with Crippen LogP contribution in [-0.4, -0.2) is 54.7 Å². The number of benzene rings is 1. The molecule has 0 bridgehead atoms. The summed E-state index contributed by atoms with van der Waals surface area (Å²) in [6.07, 6.45) is 3.94. The van der Waals surface area contributed by atoms with Crippen molar-refractivity contribution in [2.45, 2.75) is 24.6 Å². The van der Waals surface area contributed by atoms with Gasteiger partial charge in [-0.1, -0.05) is 18.6 Å². The standard InChI is InChI=1S/C17H24N2O2S.ClH/c1-21-15-7-5-14(6-8-15)17-19(16(20)13-22-17)12-11-18-9-3-2-4-10-18;/h5-8,17H,2-4,9-13H2,1H3;1H. The van der Waals surface area contributed by atoms with E-state index in [1.54, 1.807) is 18.9 Å². The predicted molar refractivity (Wildman–Crippen MR) is 97.4 cm³/mol. The van der Waals surface area contributed by atoms with Gasteiger partial charge in [0.2, 0.25) is 5.91 Å². The summed E-state index contributed by atoms with van der Waals surface area (Å²) in [5, 5.41) is 0.156. The molecule has 0 radical (unpaired) electrons. The Kier molecular flexibility index (Phi) is 7.06. The van der Waals surface area contributed by atoms with E-state index in [0.29, 0.717) is 5.75 Å². The quantitative estimate of drug-likeness (QED) is 0.811. The van der Waals surface area contributed by atoms with Crippen molar-refractivity contribution in [2.75, 3.05) is 39.0 Å². The number of amides is 1. The second-order valence-electron chi connectivity index (χ2n) is 5.93. The number of carbonyl (C=O) groups is 1. The maximum atomic E-state index is 12.2. The second kappa shape index (κ2) is 8.81. The van der Waals surface area contributed by atoms with E-state index in [1.165, 1.54) is 37.9 Å². The highest BCUT2D eigenvalue weighted by Gasteiger charge is 2.32. The molecule has 128 valence electrons. The molecule has 2 fully saturated rings. The molecule has 1 aromatic rings. The van der Waals surface area contributed by atoms with E-state index in [-0.39, 0.29) is 23.7 Å². The summed E-state index contributed by atoms with van der Waals surface area (Å²) in [4.78, 5) is 16.7. The fourth-order valence-corrected chi connectivity index (χ4v) is 4.39. The number of nitrogens with zero attached hydrogens (tertiary/aromatic N) is 2. The summed E-state index contributed by atoms with van der Waals surface area (Å²) in [7, 11) is 1.67. The summed E-state index contributed by atoms with van der Waals surface area (Å²) in [5.74, 6) is 1.72. The van der Waals surface area contributed by atoms with E-state index in [0.717, 1.165) is 18.8 Å². The summed E-state index contributed by atoms with van der Waals surface area (Å²) in [5.41, 5.74) is 1.19. The van der Waals surface area contributed by atoms with Crippen LogP contribution in [0.3, 0.4) is 0 Å². The number of halogens is 1. The van der Waals surface area contributed by atoms with Gasteiger partial charge in [-0.3, -0.25) is 4.79 Å². The van der Waals surface area contributed by atoms with Crippen LogP contribution in [0, 0.1) is 0 Å². The number of methoxy groups -OCH3 is 1. The molecule has 4 nitrogen and oxygen atoms in total. The third-order valence-corrected chi connectivity index (χ3v) is 5.73. The monoisotopic (exact) mass is 356 g/mol. The largest absolute Gasteiger partial charge is 0.497 e. The summed E-state index contributed by atoms with van der Waals surface area (Å²) in [6.45, 7) is 4.20. The van der Waals surface area contributed by atoms with E-state index in [1.807, 2.05) is 17.0 Å². The minimum atomic E-state index is 0. The predicted octanol–water partition coefficient (Wildman–Crippen LogP) is 3.18.